The van der Waals surface area contributed by atoms with Gasteiger partial charge in [-0.1, -0.05) is 0 Å². The van der Waals surface area contributed by atoms with E-state index in [1.165, 1.54) is 12.1 Å². The van der Waals surface area contributed by atoms with Crippen molar-refractivity contribution in [2.24, 2.45) is 0 Å². The number of morpholine rings is 1. The topological polar surface area (TPSA) is 56.1 Å². The van der Waals surface area contributed by atoms with Crippen molar-refractivity contribution >= 4 is 22.8 Å². The van der Waals surface area contributed by atoms with Gasteiger partial charge in [0.15, 0.2) is 5.65 Å². The molecule has 1 fully saturated rings. The first-order valence-electron chi connectivity index (χ1n) is 8.19. The van der Waals surface area contributed by atoms with E-state index < -0.39 is 0 Å². The molecule has 1 aromatic carbocycles. The van der Waals surface area contributed by atoms with Gasteiger partial charge in [0.05, 0.1) is 30.5 Å². The fraction of sp³-hybridized carbons (Fsp3) is 0.353. The Balaban J connectivity index is 1.51. The van der Waals surface area contributed by atoms with Crippen LogP contribution in [0.2, 0.25) is 0 Å². The Bertz CT molecular complexity index is 848. The van der Waals surface area contributed by atoms with E-state index in [0.717, 1.165) is 60.3 Å². The number of benzene rings is 1. The standard InChI is InChI=1S/C17H18FN5OS/c18-13-1-3-14(4-2-13)23-16-15(11-21-23)17(20-12-19-16)25-10-7-22-5-8-24-9-6-22/h1-4,11-12H,5-10H2. The van der Waals surface area contributed by atoms with Crippen molar-refractivity contribution in [3.63, 3.8) is 0 Å². The summed E-state index contributed by atoms with van der Waals surface area (Å²) in [5, 5.41) is 6.24. The van der Waals surface area contributed by atoms with Crippen LogP contribution in [0, 0.1) is 5.82 Å². The molecule has 1 saturated heterocycles. The van der Waals surface area contributed by atoms with Gasteiger partial charge in [0.2, 0.25) is 0 Å². The van der Waals surface area contributed by atoms with Gasteiger partial charge in [0, 0.05) is 25.4 Å². The molecule has 1 aliphatic heterocycles. The number of ether oxygens (including phenoxy) is 1. The molecule has 0 amide bonds. The summed E-state index contributed by atoms with van der Waals surface area (Å²) >= 11 is 1.71. The molecule has 3 heterocycles. The van der Waals surface area contributed by atoms with Crippen LogP contribution in [0.25, 0.3) is 16.7 Å². The molecule has 0 aliphatic carbocycles. The highest BCUT2D eigenvalue weighted by atomic mass is 32.2. The normalized spacial score (nSPS) is 15.7. The van der Waals surface area contributed by atoms with Crippen molar-refractivity contribution in [2.75, 3.05) is 38.6 Å². The molecular formula is C17H18FN5OS. The van der Waals surface area contributed by atoms with Crippen LogP contribution in [0.4, 0.5) is 4.39 Å². The van der Waals surface area contributed by atoms with E-state index in [0.29, 0.717) is 0 Å². The van der Waals surface area contributed by atoms with Crippen molar-refractivity contribution in [2.45, 2.75) is 5.03 Å². The Hall–Kier alpha value is -2.03. The van der Waals surface area contributed by atoms with Crippen LogP contribution in [0.3, 0.4) is 0 Å². The molecule has 0 spiro atoms. The average Bonchev–Trinajstić information content (AvgIpc) is 3.08. The zero-order chi connectivity index (χ0) is 17.1. The minimum absolute atomic E-state index is 0.269. The van der Waals surface area contributed by atoms with Gasteiger partial charge in [-0.2, -0.15) is 5.10 Å². The maximum atomic E-state index is 13.1. The Morgan fingerprint density at radius 2 is 1.92 bits per heavy atom. The highest BCUT2D eigenvalue weighted by Crippen LogP contribution is 2.25. The van der Waals surface area contributed by atoms with Crippen molar-refractivity contribution in [3.8, 4) is 5.69 Å². The summed E-state index contributed by atoms with van der Waals surface area (Å²) in [5.74, 6) is 0.683. The van der Waals surface area contributed by atoms with E-state index in [-0.39, 0.29) is 5.82 Å². The summed E-state index contributed by atoms with van der Waals surface area (Å²) in [6, 6.07) is 6.22. The molecule has 3 aromatic rings. The molecule has 8 heteroatoms. The fourth-order valence-electron chi connectivity index (χ4n) is 2.81. The number of hydrogen-bond donors (Lipinski definition) is 0. The average molecular weight is 359 g/mol. The lowest BCUT2D eigenvalue weighted by Gasteiger charge is -2.26. The summed E-state index contributed by atoms with van der Waals surface area (Å²) in [6.45, 7) is 4.61. The molecule has 2 aromatic heterocycles. The third kappa shape index (κ3) is 3.65. The molecule has 1 aliphatic rings. The Labute approximate surface area is 149 Å². The third-order valence-corrected chi connectivity index (χ3v) is 5.14. The second-order valence-electron chi connectivity index (χ2n) is 5.75. The SMILES string of the molecule is Fc1ccc(-n2ncc3c(SCCN4CCOCC4)ncnc32)cc1. The highest BCUT2D eigenvalue weighted by Gasteiger charge is 2.13. The van der Waals surface area contributed by atoms with E-state index in [1.807, 2.05) is 0 Å². The molecule has 0 saturated carbocycles. The quantitative estimate of drug-likeness (QED) is 0.515. The van der Waals surface area contributed by atoms with E-state index in [2.05, 4.69) is 20.0 Å². The number of rotatable bonds is 5. The number of aromatic nitrogens is 4. The lowest BCUT2D eigenvalue weighted by molar-refractivity contribution is 0.0410. The molecule has 4 rings (SSSR count). The number of fused-ring (bicyclic) bond motifs is 1. The Morgan fingerprint density at radius 3 is 2.72 bits per heavy atom. The van der Waals surface area contributed by atoms with Crippen LogP contribution >= 0.6 is 11.8 Å². The fourth-order valence-corrected chi connectivity index (χ4v) is 3.77. The van der Waals surface area contributed by atoms with E-state index in [9.17, 15) is 4.39 Å². The second kappa shape index (κ2) is 7.47. The first-order valence-corrected chi connectivity index (χ1v) is 9.17. The van der Waals surface area contributed by atoms with E-state index in [4.69, 9.17) is 4.74 Å². The van der Waals surface area contributed by atoms with Gasteiger partial charge < -0.3 is 4.74 Å². The minimum atomic E-state index is -0.269. The molecule has 130 valence electrons. The second-order valence-corrected chi connectivity index (χ2v) is 6.83. The largest absolute Gasteiger partial charge is 0.379 e. The molecule has 25 heavy (non-hydrogen) atoms. The van der Waals surface area contributed by atoms with Gasteiger partial charge in [0.1, 0.15) is 17.2 Å². The van der Waals surface area contributed by atoms with Crippen LogP contribution in [-0.2, 0) is 4.74 Å². The van der Waals surface area contributed by atoms with Gasteiger partial charge in [0.25, 0.3) is 0 Å². The molecule has 6 nitrogen and oxygen atoms in total. The third-order valence-electron chi connectivity index (χ3n) is 4.15. The van der Waals surface area contributed by atoms with Crippen LogP contribution < -0.4 is 0 Å². The van der Waals surface area contributed by atoms with Crippen molar-refractivity contribution in [1.29, 1.82) is 0 Å². The van der Waals surface area contributed by atoms with Crippen LogP contribution in [-0.4, -0.2) is 63.2 Å². The smallest absolute Gasteiger partial charge is 0.167 e. The zero-order valence-corrected chi connectivity index (χ0v) is 14.5. The summed E-state index contributed by atoms with van der Waals surface area (Å²) in [5.41, 5.74) is 1.51. The first-order chi connectivity index (χ1) is 12.3. The van der Waals surface area contributed by atoms with Gasteiger partial charge in [-0.25, -0.2) is 19.0 Å². The molecular weight excluding hydrogens is 341 g/mol. The number of nitrogens with zero attached hydrogens (tertiary/aromatic N) is 5. The van der Waals surface area contributed by atoms with Crippen LogP contribution in [0.15, 0.2) is 41.8 Å². The summed E-state index contributed by atoms with van der Waals surface area (Å²) < 4.78 is 20.2. The lowest BCUT2D eigenvalue weighted by atomic mass is 10.3. The van der Waals surface area contributed by atoms with Gasteiger partial charge in [-0.05, 0) is 24.3 Å². The molecule has 0 N–H and O–H groups in total. The maximum absolute atomic E-state index is 13.1. The number of thioether (sulfide) groups is 1. The summed E-state index contributed by atoms with van der Waals surface area (Å²) in [7, 11) is 0. The van der Waals surface area contributed by atoms with Gasteiger partial charge in [-0.3, -0.25) is 4.90 Å². The van der Waals surface area contributed by atoms with Crippen molar-refractivity contribution in [3.05, 3.63) is 42.6 Å². The highest BCUT2D eigenvalue weighted by molar-refractivity contribution is 7.99. The molecule has 0 unspecified atom stereocenters. The van der Waals surface area contributed by atoms with Gasteiger partial charge >= 0.3 is 0 Å². The molecule has 0 atom stereocenters. The Morgan fingerprint density at radius 1 is 1.12 bits per heavy atom. The van der Waals surface area contributed by atoms with Crippen LogP contribution in [0.5, 0.6) is 0 Å². The predicted octanol–water partition coefficient (Wildman–Crippen LogP) is 2.38. The number of halogens is 1. The van der Waals surface area contributed by atoms with Crippen molar-refractivity contribution in [1.82, 2.24) is 24.6 Å². The van der Waals surface area contributed by atoms with E-state index >= 15 is 0 Å². The Kier molecular flexibility index (Phi) is 4.91. The molecule has 0 bridgehead atoms. The molecule has 0 radical (unpaired) electrons. The van der Waals surface area contributed by atoms with Gasteiger partial charge in [-0.15, -0.1) is 11.8 Å². The minimum Gasteiger partial charge on any atom is -0.379 e. The zero-order valence-electron chi connectivity index (χ0n) is 13.6. The monoisotopic (exact) mass is 359 g/mol. The maximum Gasteiger partial charge on any atom is 0.167 e. The van der Waals surface area contributed by atoms with Crippen LogP contribution in [0.1, 0.15) is 0 Å². The van der Waals surface area contributed by atoms with Crippen molar-refractivity contribution < 1.29 is 9.13 Å². The summed E-state index contributed by atoms with van der Waals surface area (Å²) in [6.07, 6.45) is 3.33. The lowest BCUT2D eigenvalue weighted by Crippen LogP contribution is -2.37. The van der Waals surface area contributed by atoms with E-state index in [1.54, 1.807) is 41.1 Å². The first kappa shape index (κ1) is 16.4. The predicted molar refractivity (Wildman–Crippen MR) is 94.6 cm³/mol. The summed E-state index contributed by atoms with van der Waals surface area (Å²) in [4.78, 5) is 11.2. The number of hydrogen-bond acceptors (Lipinski definition) is 6.